The fourth-order valence-electron chi connectivity index (χ4n) is 1.79. The third-order valence-electron chi connectivity index (χ3n) is 2.93. The highest BCUT2D eigenvalue weighted by atomic mass is 16.6. The standard InChI is InChI=1S/C18H35N3O5/c1-12(2)14(22)19-10-9-13(21-16(24)26-18(6,7)8)11-20-15(23)25-17(3,4)5/h12-13H,9-11H2,1-8H3,(H,19,22)(H,20,23)(H,21,24)/t13-/m0/s1. The van der Waals surface area contributed by atoms with Crippen LogP contribution >= 0.6 is 0 Å². The predicted octanol–water partition coefficient (Wildman–Crippen LogP) is 2.57. The normalized spacial score (nSPS) is 13.0. The third kappa shape index (κ3) is 13.3. The molecule has 0 aromatic carbocycles. The van der Waals surface area contributed by atoms with Crippen molar-refractivity contribution in [3.8, 4) is 0 Å². The van der Waals surface area contributed by atoms with E-state index in [1.54, 1.807) is 55.4 Å². The molecule has 0 heterocycles. The molecule has 0 radical (unpaired) electrons. The Balaban J connectivity index is 4.64. The summed E-state index contributed by atoms with van der Waals surface area (Å²) < 4.78 is 10.4. The van der Waals surface area contributed by atoms with Gasteiger partial charge in [-0.25, -0.2) is 9.59 Å². The Morgan fingerprint density at radius 3 is 1.81 bits per heavy atom. The van der Waals surface area contributed by atoms with E-state index in [9.17, 15) is 14.4 Å². The van der Waals surface area contributed by atoms with Crippen molar-refractivity contribution in [2.75, 3.05) is 13.1 Å². The van der Waals surface area contributed by atoms with Crippen LogP contribution in [0.2, 0.25) is 0 Å². The first-order chi connectivity index (χ1) is 11.7. The average molecular weight is 373 g/mol. The maximum Gasteiger partial charge on any atom is 0.407 e. The Morgan fingerprint density at radius 2 is 1.35 bits per heavy atom. The Hall–Kier alpha value is -1.99. The second kappa shape index (κ2) is 10.2. The summed E-state index contributed by atoms with van der Waals surface area (Å²) in [5, 5.41) is 8.12. The van der Waals surface area contributed by atoms with E-state index in [1.807, 2.05) is 0 Å². The molecule has 0 aromatic heterocycles. The first-order valence-corrected chi connectivity index (χ1v) is 8.93. The third-order valence-corrected chi connectivity index (χ3v) is 2.93. The van der Waals surface area contributed by atoms with Crippen molar-refractivity contribution in [2.24, 2.45) is 5.92 Å². The van der Waals surface area contributed by atoms with Crippen molar-refractivity contribution in [3.05, 3.63) is 0 Å². The van der Waals surface area contributed by atoms with Crippen molar-refractivity contribution in [1.82, 2.24) is 16.0 Å². The molecule has 0 aliphatic carbocycles. The van der Waals surface area contributed by atoms with Gasteiger partial charge in [-0.3, -0.25) is 4.79 Å². The van der Waals surface area contributed by atoms with E-state index < -0.39 is 29.4 Å². The Morgan fingerprint density at radius 1 is 0.846 bits per heavy atom. The van der Waals surface area contributed by atoms with E-state index in [0.29, 0.717) is 13.0 Å². The molecule has 0 saturated carbocycles. The number of rotatable bonds is 7. The number of alkyl carbamates (subject to hydrolysis) is 2. The summed E-state index contributed by atoms with van der Waals surface area (Å²) in [4.78, 5) is 35.4. The van der Waals surface area contributed by atoms with Crippen molar-refractivity contribution in [3.63, 3.8) is 0 Å². The number of hydrogen-bond donors (Lipinski definition) is 3. The topological polar surface area (TPSA) is 106 Å². The van der Waals surface area contributed by atoms with Crippen molar-refractivity contribution < 1.29 is 23.9 Å². The minimum Gasteiger partial charge on any atom is -0.444 e. The minimum absolute atomic E-state index is 0.0684. The molecule has 0 aliphatic heterocycles. The van der Waals surface area contributed by atoms with Gasteiger partial charge in [0.15, 0.2) is 0 Å². The number of ether oxygens (including phenoxy) is 2. The first kappa shape index (κ1) is 24.0. The van der Waals surface area contributed by atoms with Crippen LogP contribution in [0.15, 0.2) is 0 Å². The zero-order chi connectivity index (χ0) is 20.5. The summed E-state index contributed by atoms with van der Waals surface area (Å²) in [6.07, 6.45) is -0.712. The lowest BCUT2D eigenvalue weighted by Crippen LogP contribution is -2.47. The van der Waals surface area contributed by atoms with Gasteiger partial charge >= 0.3 is 12.2 Å². The molecule has 3 N–H and O–H groups in total. The van der Waals surface area contributed by atoms with Crippen LogP contribution in [0.5, 0.6) is 0 Å². The molecule has 0 spiro atoms. The van der Waals surface area contributed by atoms with E-state index in [1.165, 1.54) is 0 Å². The molecule has 0 aliphatic rings. The van der Waals surface area contributed by atoms with Crippen LogP contribution in [0.1, 0.15) is 61.8 Å². The number of hydrogen-bond acceptors (Lipinski definition) is 5. The molecule has 8 nitrogen and oxygen atoms in total. The van der Waals surface area contributed by atoms with Crippen molar-refractivity contribution in [1.29, 1.82) is 0 Å². The lowest BCUT2D eigenvalue weighted by atomic mass is 10.1. The van der Waals surface area contributed by atoms with Gasteiger partial charge in [0.05, 0.1) is 6.04 Å². The zero-order valence-corrected chi connectivity index (χ0v) is 17.3. The zero-order valence-electron chi connectivity index (χ0n) is 17.3. The second-order valence-corrected chi connectivity index (χ2v) is 8.46. The molecule has 1 atom stereocenters. The molecule has 152 valence electrons. The summed E-state index contributed by atoms with van der Waals surface area (Å²) in [6, 6.07) is -0.412. The van der Waals surface area contributed by atoms with Gasteiger partial charge in [-0.2, -0.15) is 0 Å². The lowest BCUT2D eigenvalue weighted by Gasteiger charge is -2.25. The van der Waals surface area contributed by atoms with Gasteiger partial charge in [-0.05, 0) is 48.0 Å². The highest BCUT2D eigenvalue weighted by Gasteiger charge is 2.21. The Bertz CT molecular complexity index is 478. The van der Waals surface area contributed by atoms with Crippen LogP contribution in [-0.2, 0) is 14.3 Å². The van der Waals surface area contributed by atoms with Crippen LogP contribution < -0.4 is 16.0 Å². The number of amides is 3. The summed E-state index contributed by atoms with van der Waals surface area (Å²) in [6.45, 7) is 14.7. The molecular formula is C18H35N3O5. The molecule has 0 saturated heterocycles. The van der Waals surface area contributed by atoms with Gasteiger partial charge in [-0.15, -0.1) is 0 Å². The van der Waals surface area contributed by atoms with Crippen molar-refractivity contribution in [2.45, 2.75) is 79.1 Å². The molecule has 8 heteroatoms. The maximum atomic E-state index is 12.0. The summed E-state index contributed by atoms with van der Waals surface area (Å²) >= 11 is 0. The minimum atomic E-state index is -0.626. The van der Waals surface area contributed by atoms with Crippen LogP contribution in [0.25, 0.3) is 0 Å². The van der Waals surface area contributed by atoms with Crippen molar-refractivity contribution >= 4 is 18.1 Å². The van der Waals surface area contributed by atoms with Gasteiger partial charge in [-0.1, -0.05) is 13.8 Å². The number of carbonyl (C=O) groups excluding carboxylic acids is 3. The number of nitrogens with one attached hydrogen (secondary N) is 3. The van der Waals surface area contributed by atoms with E-state index in [-0.39, 0.29) is 18.4 Å². The summed E-state index contributed by atoms with van der Waals surface area (Å²) in [7, 11) is 0. The van der Waals surface area contributed by atoms with Gasteiger partial charge in [0.1, 0.15) is 11.2 Å². The largest absolute Gasteiger partial charge is 0.444 e. The fourth-order valence-corrected chi connectivity index (χ4v) is 1.79. The summed E-state index contributed by atoms with van der Waals surface area (Å²) in [5.41, 5.74) is -1.23. The molecule has 3 amide bonds. The van der Waals surface area contributed by atoms with Gasteiger partial charge in [0, 0.05) is 19.0 Å². The van der Waals surface area contributed by atoms with E-state index in [2.05, 4.69) is 16.0 Å². The molecule has 0 bridgehead atoms. The van der Waals surface area contributed by atoms with Gasteiger partial charge in [0.2, 0.25) is 5.91 Å². The fraction of sp³-hybridized carbons (Fsp3) is 0.833. The number of carbonyl (C=O) groups is 3. The molecule has 26 heavy (non-hydrogen) atoms. The monoisotopic (exact) mass is 373 g/mol. The Kier molecular flexibility index (Phi) is 9.45. The van der Waals surface area contributed by atoms with E-state index in [4.69, 9.17) is 9.47 Å². The SMILES string of the molecule is CC(C)C(=O)NCC[C@@H](CNC(=O)OC(C)(C)C)NC(=O)OC(C)(C)C. The molecular weight excluding hydrogens is 338 g/mol. The quantitative estimate of drug-likeness (QED) is 0.636. The van der Waals surface area contributed by atoms with Gasteiger partial charge < -0.3 is 25.4 Å². The smallest absolute Gasteiger partial charge is 0.407 e. The van der Waals surface area contributed by atoms with Crippen LogP contribution in [0.4, 0.5) is 9.59 Å². The van der Waals surface area contributed by atoms with E-state index >= 15 is 0 Å². The van der Waals surface area contributed by atoms with Crippen LogP contribution in [0.3, 0.4) is 0 Å². The maximum absolute atomic E-state index is 12.0. The Labute approximate surface area is 156 Å². The highest BCUT2D eigenvalue weighted by molar-refractivity contribution is 5.77. The second-order valence-electron chi connectivity index (χ2n) is 8.46. The summed E-state index contributed by atoms with van der Waals surface area (Å²) in [5.74, 6) is -0.187. The molecule has 0 rings (SSSR count). The first-order valence-electron chi connectivity index (χ1n) is 8.93. The average Bonchev–Trinajstić information content (AvgIpc) is 2.40. The molecule has 0 aromatic rings. The van der Waals surface area contributed by atoms with Crippen LogP contribution in [0, 0.1) is 5.92 Å². The lowest BCUT2D eigenvalue weighted by molar-refractivity contribution is -0.123. The predicted molar refractivity (Wildman–Crippen MR) is 99.9 cm³/mol. The molecule has 0 unspecified atom stereocenters. The van der Waals surface area contributed by atoms with Gasteiger partial charge in [0.25, 0.3) is 0 Å². The highest BCUT2D eigenvalue weighted by Crippen LogP contribution is 2.08. The molecule has 0 fully saturated rings. The van der Waals surface area contributed by atoms with Crippen LogP contribution in [-0.4, -0.2) is 48.4 Å². The van der Waals surface area contributed by atoms with E-state index in [0.717, 1.165) is 0 Å².